The Morgan fingerprint density at radius 1 is 0.800 bits per heavy atom. The van der Waals surface area contributed by atoms with Gasteiger partial charge in [-0.25, -0.2) is 8.42 Å². The molecule has 0 spiro atoms. The molecule has 1 heterocycles. The van der Waals surface area contributed by atoms with Crippen LogP contribution < -0.4 is 4.72 Å². The Hall–Kier alpha value is -2.92. The number of benzene rings is 2. The van der Waals surface area contributed by atoms with E-state index in [1.807, 2.05) is 43.3 Å². The molecule has 0 bridgehead atoms. The second-order valence-electron chi connectivity index (χ2n) is 5.65. The average Bonchev–Trinajstić information content (AvgIpc) is 2.62. The van der Waals surface area contributed by atoms with Crippen molar-refractivity contribution < 1.29 is 8.42 Å². The molecule has 1 aromatic heterocycles. The number of nitrogens with zero attached hydrogens (tertiary/aromatic N) is 1. The summed E-state index contributed by atoms with van der Waals surface area (Å²) in [6, 6.07) is 17.8. The molecule has 0 aliphatic heterocycles. The molecule has 1 N–H and O–H groups in total. The number of hydrogen-bond donors (Lipinski definition) is 1. The summed E-state index contributed by atoms with van der Waals surface area (Å²) in [5.74, 6) is 0. The summed E-state index contributed by atoms with van der Waals surface area (Å²) in [4.78, 5) is 4.23. The highest BCUT2D eigenvalue weighted by Crippen LogP contribution is 2.18. The molecule has 0 saturated carbocycles. The lowest BCUT2D eigenvalue weighted by atomic mass is 10.1. The summed E-state index contributed by atoms with van der Waals surface area (Å²) >= 11 is 0. The topological polar surface area (TPSA) is 59.1 Å². The van der Waals surface area contributed by atoms with E-state index in [1.54, 1.807) is 48.8 Å². The molecule has 3 rings (SSSR count). The van der Waals surface area contributed by atoms with Crippen LogP contribution in [0.5, 0.6) is 0 Å². The van der Waals surface area contributed by atoms with Gasteiger partial charge in [0.2, 0.25) is 0 Å². The van der Waals surface area contributed by atoms with E-state index in [0.717, 1.165) is 16.7 Å². The summed E-state index contributed by atoms with van der Waals surface area (Å²) in [6.45, 7) is 1.92. The van der Waals surface area contributed by atoms with Crippen molar-refractivity contribution in [3.8, 4) is 0 Å². The Morgan fingerprint density at radius 3 is 1.96 bits per heavy atom. The molecule has 0 aliphatic carbocycles. The van der Waals surface area contributed by atoms with E-state index >= 15 is 0 Å². The van der Waals surface area contributed by atoms with Crippen molar-refractivity contribution in [2.45, 2.75) is 11.8 Å². The molecule has 0 saturated heterocycles. The molecule has 0 radical (unpaired) electrons. The predicted molar refractivity (Wildman–Crippen MR) is 102 cm³/mol. The van der Waals surface area contributed by atoms with Gasteiger partial charge in [0.05, 0.1) is 4.90 Å². The second kappa shape index (κ2) is 7.32. The molecule has 0 amide bonds. The van der Waals surface area contributed by atoms with E-state index in [2.05, 4.69) is 9.71 Å². The maximum absolute atomic E-state index is 12.4. The fourth-order valence-corrected chi connectivity index (χ4v) is 3.32. The number of rotatable bonds is 5. The molecular weight excluding hydrogens is 332 g/mol. The van der Waals surface area contributed by atoms with E-state index in [9.17, 15) is 8.42 Å². The highest BCUT2D eigenvalue weighted by molar-refractivity contribution is 7.92. The number of nitrogens with one attached hydrogen (secondary N) is 1. The van der Waals surface area contributed by atoms with Crippen LogP contribution in [0.4, 0.5) is 5.69 Å². The molecule has 0 unspecified atom stereocenters. The summed E-state index contributed by atoms with van der Waals surface area (Å²) in [7, 11) is -3.57. The zero-order chi connectivity index (χ0) is 17.7. The van der Waals surface area contributed by atoms with Crippen molar-refractivity contribution in [3.05, 3.63) is 89.7 Å². The maximum atomic E-state index is 12.4. The fourth-order valence-electron chi connectivity index (χ4n) is 2.26. The smallest absolute Gasteiger partial charge is 0.261 e. The van der Waals surface area contributed by atoms with Crippen LogP contribution in [0.2, 0.25) is 0 Å². The largest absolute Gasteiger partial charge is 0.280 e. The standard InChI is InChI=1S/C20H18N2O2S/c1-16-2-10-20(11-3-16)25(23,24)22-19-8-6-17(7-9-19)4-5-18-12-14-21-15-13-18/h2-15,22H,1H3. The minimum absolute atomic E-state index is 0.250. The Kier molecular flexibility index (Phi) is 4.95. The van der Waals surface area contributed by atoms with Gasteiger partial charge in [0, 0.05) is 18.1 Å². The minimum Gasteiger partial charge on any atom is -0.280 e. The highest BCUT2D eigenvalue weighted by Gasteiger charge is 2.13. The summed E-state index contributed by atoms with van der Waals surface area (Å²) in [5.41, 5.74) is 3.58. The summed E-state index contributed by atoms with van der Waals surface area (Å²) < 4.78 is 27.3. The fraction of sp³-hybridized carbons (Fsp3) is 0.0500. The van der Waals surface area contributed by atoms with Gasteiger partial charge in [0.25, 0.3) is 10.0 Å². The SMILES string of the molecule is Cc1ccc(S(=O)(=O)Nc2ccc(C=Cc3ccncc3)cc2)cc1. The normalized spacial score (nSPS) is 11.6. The van der Waals surface area contributed by atoms with Crippen LogP contribution in [-0.4, -0.2) is 13.4 Å². The minimum atomic E-state index is -3.57. The number of aryl methyl sites for hydroxylation is 1. The molecular formula is C20H18N2O2S. The van der Waals surface area contributed by atoms with Crippen LogP contribution in [-0.2, 0) is 10.0 Å². The quantitative estimate of drug-likeness (QED) is 0.744. The van der Waals surface area contributed by atoms with E-state index in [1.165, 1.54) is 0 Å². The molecule has 2 aromatic carbocycles. The van der Waals surface area contributed by atoms with Gasteiger partial charge in [0.15, 0.2) is 0 Å². The lowest BCUT2D eigenvalue weighted by Gasteiger charge is -2.08. The van der Waals surface area contributed by atoms with Crippen molar-refractivity contribution in [1.82, 2.24) is 4.98 Å². The molecule has 126 valence electrons. The van der Waals surface area contributed by atoms with Gasteiger partial charge in [-0.2, -0.15) is 0 Å². The van der Waals surface area contributed by atoms with Crippen LogP contribution in [0.25, 0.3) is 12.2 Å². The number of sulfonamides is 1. The van der Waals surface area contributed by atoms with Gasteiger partial charge in [-0.05, 0) is 54.4 Å². The summed E-state index contributed by atoms with van der Waals surface area (Å²) in [6.07, 6.45) is 7.42. The monoisotopic (exact) mass is 350 g/mol. The van der Waals surface area contributed by atoms with Gasteiger partial charge >= 0.3 is 0 Å². The molecule has 0 fully saturated rings. The zero-order valence-electron chi connectivity index (χ0n) is 13.8. The average molecular weight is 350 g/mol. The second-order valence-corrected chi connectivity index (χ2v) is 7.34. The van der Waals surface area contributed by atoms with E-state index < -0.39 is 10.0 Å². The van der Waals surface area contributed by atoms with E-state index in [-0.39, 0.29) is 4.90 Å². The van der Waals surface area contributed by atoms with Crippen LogP contribution in [0.15, 0.2) is 78.0 Å². The van der Waals surface area contributed by atoms with E-state index in [4.69, 9.17) is 0 Å². The zero-order valence-corrected chi connectivity index (χ0v) is 14.6. The van der Waals surface area contributed by atoms with E-state index in [0.29, 0.717) is 5.69 Å². The van der Waals surface area contributed by atoms with Crippen LogP contribution in [0, 0.1) is 6.92 Å². The third-order valence-corrected chi connectivity index (χ3v) is 5.07. The van der Waals surface area contributed by atoms with Gasteiger partial charge in [-0.15, -0.1) is 0 Å². The van der Waals surface area contributed by atoms with Crippen molar-refractivity contribution in [2.24, 2.45) is 0 Å². The van der Waals surface area contributed by atoms with Crippen molar-refractivity contribution in [2.75, 3.05) is 4.72 Å². The summed E-state index contributed by atoms with van der Waals surface area (Å²) in [5, 5.41) is 0. The molecule has 0 atom stereocenters. The van der Waals surface area contributed by atoms with Crippen molar-refractivity contribution in [3.63, 3.8) is 0 Å². The van der Waals surface area contributed by atoms with Crippen LogP contribution >= 0.6 is 0 Å². The molecule has 4 nitrogen and oxygen atoms in total. The molecule has 5 heteroatoms. The third-order valence-electron chi connectivity index (χ3n) is 3.67. The first-order valence-electron chi connectivity index (χ1n) is 7.81. The van der Waals surface area contributed by atoms with Crippen LogP contribution in [0.1, 0.15) is 16.7 Å². The molecule has 3 aromatic rings. The van der Waals surface area contributed by atoms with Crippen molar-refractivity contribution in [1.29, 1.82) is 0 Å². The Labute approximate surface area is 147 Å². The number of pyridine rings is 1. The molecule has 0 aliphatic rings. The van der Waals surface area contributed by atoms with Crippen LogP contribution in [0.3, 0.4) is 0 Å². The maximum Gasteiger partial charge on any atom is 0.261 e. The molecule has 25 heavy (non-hydrogen) atoms. The third kappa shape index (κ3) is 4.55. The number of hydrogen-bond acceptors (Lipinski definition) is 3. The Balaban J connectivity index is 1.72. The number of aromatic nitrogens is 1. The predicted octanol–water partition coefficient (Wildman–Crippen LogP) is 4.36. The first-order chi connectivity index (χ1) is 12.0. The van der Waals surface area contributed by atoms with Gasteiger partial charge in [-0.1, -0.05) is 42.0 Å². The van der Waals surface area contributed by atoms with Gasteiger partial charge in [-0.3, -0.25) is 9.71 Å². The lowest BCUT2D eigenvalue weighted by Crippen LogP contribution is -2.12. The number of anilines is 1. The highest BCUT2D eigenvalue weighted by atomic mass is 32.2. The Bertz CT molecular complexity index is 962. The first-order valence-corrected chi connectivity index (χ1v) is 9.29. The Morgan fingerprint density at radius 2 is 1.36 bits per heavy atom. The lowest BCUT2D eigenvalue weighted by molar-refractivity contribution is 0.601. The first kappa shape index (κ1) is 16.9. The van der Waals surface area contributed by atoms with Gasteiger partial charge in [0.1, 0.15) is 0 Å². The van der Waals surface area contributed by atoms with Gasteiger partial charge < -0.3 is 0 Å². The van der Waals surface area contributed by atoms with Crippen molar-refractivity contribution >= 4 is 27.9 Å².